The van der Waals surface area contributed by atoms with E-state index in [4.69, 9.17) is 4.74 Å². The fraction of sp³-hybridized carbons (Fsp3) is 0.500. The Morgan fingerprint density at radius 1 is 1.30 bits per heavy atom. The zero-order chi connectivity index (χ0) is 16.3. The van der Waals surface area contributed by atoms with E-state index in [1.165, 1.54) is 12.1 Å². The standard InChI is InChI=1S/C16H20FN3O3/c17-12-3-1-11(2-4-12)16(5-7-23-8-6-16)10-19-14(21)13-9-18-15(22)20-13/h1-4,13H,5-10H2,(H,19,21)(H2,18,20,22)/t13-/m1/s1. The first kappa shape index (κ1) is 15.7. The van der Waals surface area contributed by atoms with Crippen LogP contribution in [-0.4, -0.2) is 44.3 Å². The first-order chi connectivity index (χ1) is 11.1. The van der Waals surface area contributed by atoms with Gasteiger partial charge in [0.15, 0.2) is 0 Å². The molecule has 2 fully saturated rings. The Morgan fingerprint density at radius 3 is 2.61 bits per heavy atom. The molecule has 1 aromatic rings. The highest BCUT2D eigenvalue weighted by molar-refractivity contribution is 5.90. The lowest BCUT2D eigenvalue weighted by Gasteiger charge is -2.38. The van der Waals surface area contributed by atoms with Gasteiger partial charge in [-0.05, 0) is 30.5 Å². The Labute approximate surface area is 133 Å². The molecular weight excluding hydrogens is 301 g/mol. The molecule has 1 atom stereocenters. The number of carbonyl (C=O) groups excluding carboxylic acids is 2. The predicted octanol–water partition coefficient (Wildman–Crippen LogP) is 0.671. The molecule has 0 aliphatic carbocycles. The van der Waals surface area contributed by atoms with Crippen molar-refractivity contribution >= 4 is 11.9 Å². The van der Waals surface area contributed by atoms with Crippen LogP contribution in [0.5, 0.6) is 0 Å². The maximum Gasteiger partial charge on any atom is 0.315 e. The van der Waals surface area contributed by atoms with Crippen LogP contribution in [0.15, 0.2) is 24.3 Å². The molecule has 1 aromatic carbocycles. The number of ether oxygens (including phenoxy) is 1. The van der Waals surface area contributed by atoms with E-state index in [1.54, 1.807) is 12.1 Å². The molecule has 0 unspecified atom stereocenters. The molecule has 0 radical (unpaired) electrons. The summed E-state index contributed by atoms with van der Waals surface area (Å²) in [5.74, 6) is -0.490. The molecule has 3 amide bonds. The number of nitrogens with one attached hydrogen (secondary N) is 3. The normalized spacial score (nSPS) is 23.0. The van der Waals surface area contributed by atoms with Gasteiger partial charge in [-0.15, -0.1) is 0 Å². The zero-order valence-electron chi connectivity index (χ0n) is 12.7. The second kappa shape index (κ2) is 6.54. The highest BCUT2D eigenvalue weighted by Crippen LogP contribution is 2.34. The molecule has 23 heavy (non-hydrogen) atoms. The molecule has 124 valence electrons. The van der Waals surface area contributed by atoms with Crippen molar-refractivity contribution in [1.82, 2.24) is 16.0 Å². The summed E-state index contributed by atoms with van der Waals surface area (Å²) in [5, 5.41) is 8.05. The van der Waals surface area contributed by atoms with Crippen LogP contribution < -0.4 is 16.0 Å². The van der Waals surface area contributed by atoms with Crippen LogP contribution in [0.4, 0.5) is 9.18 Å². The molecule has 2 heterocycles. The average Bonchev–Trinajstić information content (AvgIpc) is 3.01. The van der Waals surface area contributed by atoms with Crippen molar-refractivity contribution in [3.05, 3.63) is 35.6 Å². The number of rotatable bonds is 4. The Morgan fingerprint density at radius 2 is 2.00 bits per heavy atom. The summed E-state index contributed by atoms with van der Waals surface area (Å²) in [5.41, 5.74) is 0.730. The predicted molar refractivity (Wildman–Crippen MR) is 81.5 cm³/mol. The van der Waals surface area contributed by atoms with Gasteiger partial charge in [0, 0.05) is 31.7 Å². The van der Waals surface area contributed by atoms with Crippen molar-refractivity contribution in [1.29, 1.82) is 0 Å². The molecule has 2 saturated heterocycles. The Hall–Kier alpha value is -2.15. The van der Waals surface area contributed by atoms with Crippen LogP contribution >= 0.6 is 0 Å². The van der Waals surface area contributed by atoms with E-state index in [2.05, 4.69) is 16.0 Å². The fourth-order valence-corrected chi connectivity index (χ4v) is 3.13. The smallest absolute Gasteiger partial charge is 0.315 e. The number of benzene rings is 1. The van der Waals surface area contributed by atoms with Crippen molar-refractivity contribution in [3.8, 4) is 0 Å². The lowest BCUT2D eigenvalue weighted by atomic mass is 9.74. The van der Waals surface area contributed by atoms with E-state index in [0.29, 0.717) is 19.8 Å². The highest BCUT2D eigenvalue weighted by Gasteiger charge is 2.36. The second-order valence-corrected chi connectivity index (χ2v) is 6.02. The minimum Gasteiger partial charge on any atom is -0.381 e. The van der Waals surface area contributed by atoms with Crippen LogP contribution in [0, 0.1) is 5.82 Å². The third-order valence-corrected chi connectivity index (χ3v) is 4.60. The van der Waals surface area contributed by atoms with Crippen LogP contribution in [0.25, 0.3) is 0 Å². The van der Waals surface area contributed by atoms with E-state index in [9.17, 15) is 14.0 Å². The minimum absolute atomic E-state index is 0.212. The van der Waals surface area contributed by atoms with E-state index in [0.717, 1.165) is 18.4 Å². The lowest BCUT2D eigenvalue weighted by Crippen LogP contribution is -2.49. The van der Waals surface area contributed by atoms with Gasteiger partial charge in [0.2, 0.25) is 5.91 Å². The summed E-state index contributed by atoms with van der Waals surface area (Å²) in [6.45, 7) is 1.94. The summed E-state index contributed by atoms with van der Waals surface area (Å²) in [4.78, 5) is 23.3. The molecule has 0 spiro atoms. The molecule has 3 N–H and O–H groups in total. The van der Waals surface area contributed by atoms with Gasteiger partial charge in [-0.1, -0.05) is 12.1 Å². The maximum absolute atomic E-state index is 13.2. The van der Waals surface area contributed by atoms with Crippen LogP contribution in [-0.2, 0) is 14.9 Å². The summed E-state index contributed by atoms with van der Waals surface area (Å²) < 4.78 is 18.6. The number of hydrogen-bond acceptors (Lipinski definition) is 3. The fourth-order valence-electron chi connectivity index (χ4n) is 3.13. The van der Waals surface area contributed by atoms with Crippen molar-refractivity contribution in [2.24, 2.45) is 0 Å². The molecular formula is C16H20FN3O3. The molecule has 0 bridgehead atoms. The topological polar surface area (TPSA) is 79.5 Å². The van der Waals surface area contributed by atoms with Crippen LogP contribution in [0.3, 0.4) is 0 Å². The van der Waals surface area contributed by atoms with Gasteiger partial charge in [-0.3, -0.25) is 4.79 Å². The van der Waals surface area contributed by atoms with Crippen LogP contribution in [0.2, 0.25) is 0 Å². The summed E-state index contributed by atoms with van der Waals surface area (Å²) in [7, 11) is 0. The third-order valence-electron chi connectivity index (χ3n) is 4.60. The Bertz CT molecular complexity index is 585. The first-order valence-electron chi connectivity index (χ1n) is 7.75. The Kier molecular flexibility index (Phi) is 4.47. The van der Waals surface area contributed by atoms with Gasteiger partial charge in [0.1, 0.15) is 11.9 Å². The quantitative estimate of drug-likeness (QED) is 0.763. The van der Waals surface area contributed by atoms with E-state index >= 15 is 0 Å². The van der Waals surface area contributed by atoms with Gasteiger partial charge in [-0.25, -0.2) is 9.18 Å². The number of hydrogen-bond donors (Lipinski definition) is 3. The van der Waals surface area contributed by atoms with Crippen molar-refractivity contribution in [2.75, 3.05) is 26.3 Å². The summed E-state index contributed by atoms with van der Waals surface area (Å²) >= 11 is 0. The molecule has 3 rings (SSSR count). The molecule has 2 aliphatic rings. The first-order valence-corrected chi connectivity index (χ1v) is 7.75. The van der Waals surface area contributed by atoms with Gasteiger partial charge < -0.3 is 20.7 Å². The lowest BCUT2D eigenvalue weighted by molar-refractivity contribution is -0.122. The molecule has 7 heteroatoms. The number of halogens is 1. The SMILES string of the molecule is O=C1NC[C@H](C(=O)NCC2(c3ccc(F)cc3)CCOCC2)N1. The largest absolute Gasteiger partial charge is 0.381 e. The molecule has 6 nitrogen and oxygen atoms in total. The summed E-state index contributed by atoms with van der Waals surface area (Å²) in [6, 6.07) is 5.54. The molecule has 0 saturated carbocycles. The zero-order valence-corrected chi connectivity index (χ0v) is 12.7. The monoisotopic (exact) mass is 321 g/mol. The second-order valence-electron chi connectivity index (χ2n) is 6.02. The minimum atomic E-state index is -0.549. The van der Waals surface area contributed by atoms with Gasteiger partial charge >= 0.3 is 6.03 Å². The number of urea groups is 1. The van der Waals surface area contributed by atoms with E-state index in [-0.39, 0.29) is 29.7 Å². The highest BCUT2D eigenvalue weighted by atomic mass is 19.1. The van der Waals surface area contributed by atoms with Gasteiger partial charge in [-0.2, -0.15) is 0 Å². The number of amides is 3. The Balaban J connectivity index is 1.70. The average molecular weight is 321 g/mol. The third kappa shape index (κ3) is 3.44. The van der Waals surface area contributed by atoms with Crippen LogP contribution in [0.1, 0.15) is 18.4 Å². The number of carbonyl (C=O) groups is 2. The van der Waals surface area contributed by atoms with Crippen molar-refractivity contribution in [3.63, 3.8) is 0 Å². The van der Waals surface area contributed by atoms with Crippen molar-refractivity contribution < 1.29 is 18.7 Å². The van der Waals surface area contributed by atoms with Gasteiger partial charge in [0.05, 0.1) is 0 Å². The van der Waals surface area contributed by atoms with E-state index < -0.39 is 6.04 Å². The summed E-state index contributed by atoms with van der Waals surface area (Å²) in [6.07, 6.45) is 1.52. The molecule has 2 aliphatic heterocycles. The van der Waals surface area contributed by atoms with E-state index in [1.807, 2.05) is 0 Å². The molecule has 0 aromatic heterocycles. The maximum atomic E-state index is 13.2. The van der Waals surface area contributed by atoms with Gasteiger partial charge in [0.25, 0.3) is 0 Å². The van der Waals surface area contributed by atoms with Crippen molar-refractivity contribution in [2.45, 2.75) is 24.3 Å².